The number of aromatic nitrogens is 2. The molecule has 3 rings (SSSR count). The Kier molecular flexibility index (Phi) is 3.94. The summed E-state index contributed by atoms with van der Waals surface area (Å²) >= 11 is 2.78. The first-order valence-corrected chi connectivity index (χ1v) is 8.35. The highest BCUT2D eigenvalue weighted by molar-refractivity contribution is 7.98. The van der Waals surface area contributed by atoms with Gasteiger partial charge in [-0.3, -0.25) is 10.1 Å². The minimum absolute atomic E-state index is 0.189. The minimum atomic E-state index is -0.347. The van der Waals surface area contributed by atoms with Gasteiger partial charge in [-0.2, -0.15) is 0 Å². The number of hydrogen-bond acceptors (Lipinski definition) is 5. The van der Waals surface area contributed by atoms with Crippen molar-refractivity contribution in [3.63, 3.8) is 0 Å². The third kappa shape index (κ3) is 2.79. The lowest BCUT2D eigenvalue weighted by Crippen LogP contribution is -1.96. The molecule has 0 fully saturated rings. The van der Waals surface area contributed by atoms with Crippen LogP contribution in [0.25, 0.3) is 11.0 Å². The van der Waals surface area contributed by atoms with Crippen LogP contribution in [-0.4, -0.2) is 14.5 Å². The summed E-state index contributed by atoms with van der Waals surface area (Å²) < 4.78 is 2.17. The SMILES string of the molecule is CCn1c(SCc2csc([N+](=O)[O-])c2)nc2ccccc21. The average molecular weight is 319 g/mol. The maximum atomic E-state index is 10.7. The van der Waals surface area contributed by atoms with Crippen molar-refractivity contribution in [2.75, 3.05) is 0 Å². The summed E-state index contributed by atoms with van der Waals surface area (Å²) in [6.07, 6.45) is 0. The van der Waals surface area contributed by atoms with Crippen LogP contribution in [0.15, 0.2) is 40.9 Å². The summed E-state index contributed by atoms with van der Waals surface area (Å²) in [5.74, 6) is 0.688. The summed E-state index contributed by atoms with van der Waals surface area (Å²) in [5, 5.41) is 13.7. The van der Waals surface area contributed by atoms with E-state index in [1.807, 2.05) is 23.6 Å². The van der Waals surface area contributed by atoms with E-state index >= 15 is 0 Å². The number of hydrogen-bond donors (Lipinski definition) is 0. The van der Waals surface area contributed by atoms with E-state index in [0.29, 0.717) is 5.75 Å². The van der Waals surface area contributed by atoms with Crippen molar-refractivity contribution < 1.29 is 4.92 Å². The molecule has 0 aliphatic heterocycles. The highest BCUT2D eigenvalue weighted by Crippen LogP contribution is 2.30. The Balaban J connectivity index is 1.82. The van der Waals surface area contributed by atoms with Gasteiger partial charge in [0, 0.05) is 23.7 Å². The Morgan fingerprint density at radius 3 is 2.95 bits per heavy atom. The number of thioether (sulfide) groups is 1. The second kappa shape index (κ2) is 5.87. The number of imidazole rings is 1. The molecule has 0 saturated heterocycles. The lowest BCUT2D eigenvalue weighted by atomic mass is 10.3. The van der Waals surface area contributed by atoms with Crippen molar-refractivity contribution in [2.45, 2.75) is 24.4 Å². The quantitative estimate of drug-likeness (QED) is 0.399. The number of aryl methyl sites for hydroxylation is 1. The molecular weight excluding hydrogens is 306 g/mol. The van der Waals surface area contributed by atoms with Crippen molar-refractivity contribution in [1.29, 1.82) is 0 Å². The van der Waals surface area contributed by atoms with Crippen molar-refractivity contribution in [2.24, 2.45) is 0 Å². The fourth-order valence-corrected chi connectivity index (χ4v) is 3.99. The predicted molar refractivity (Wildman–Crippen MR) is 85.9 cm³/mol. The first kappa shape index (κ1) is 14.1. The molecule has 7 heteroatoms. The number of thiophene rings is 1. The average Bonchev–Trinajstić information content (AvgIpc) is 3.09. The second-order valence-corrected chi connectivity index (χ2v) is 6.30. The zero-order valence-electron chi connectivity index (χ0n) is 11.4. The largest absolute Gasteiger partial charge is 0.324 e. The summed E-state index contributed by atoms with van der Waals surface area (Å²) in [5.41, 5.74) is 3.07. The second-order valence-electron chi connectivity index (χ2n) is 4.47. The molecule has 3 aromatic rings. The lowest BCUT2D eigenvalue weighted by molar-refractivity contribution is -0.380. The molecule has 2 heterocycles. The fourth-order valence-electron chi connectivity index (χ4n) is 2.15. The van der Waals surface area contributed by atoms with Gasteiger partial charge < -0.3 is 4.57 Å². The van der Waals surface area contributed by atoms with Gasteiger partial charge in [-0.1, -0.05) is 35.2 Å². The number of fused-ring (bicyclic) bond motifs is 1. The Hall–Kier alpha value is -1.86. The third-order valence-electron chi connectivity index (χ3n) is 3.12. The number of benzene rings is 1. The zero-order valence-corrected chi connectivity index (χ0v) is 13.0. The van der Waals surface area contributed by atoms with Crippen LogP contribution in [0.3, 0.4) is 0 Å². The van der Waals surface area contributed by atoms with Gasteiger partial charge in [0.1, 0.15) is 0 Å². The highest BCUT2D eigenvalue weighted by atomic mass is 32.2. The maximum Gasteiger partial charge on any atom is 0.324 e. The highest BCUT2D eigenvalue weighted by Gasteiger charge is 2.13. The van der Waals surface area contributed by atoms with Gasteiger partial charge in [0.2, 0.25) is 0 Å². The van der Waals surface area contributed by atoms with Crippen LogP contribution in [0.2, 0.25) is 0 Å². The van der Waals surface area contributed by atoms with Crippen molar-refractivity contribution >= 4 is 39.1 Å². The smallest absolute Gasteiger partial charge is 0.319 e. The number of para-hydroxylation sites is 2. The molecule has 0 atom stereocenters. The van der Waals surface area contributed by atoms with Crippen molar-refractivity contribution in [3.8, 4) is 0 Å². The number of nitro groups is 1. The van der Waals surface area contributed by atoms with Gasteiger partial charge >= 0.3 is 5.00 Å². The molecule has 5 nitrogen and oxygen atoms in total. The van der Waals surface area contributed by atoms with Gasteiger partial charge in [0.15, 0.2) is 5.16 Å². The summed E-state index contributed by atoms with van der Waals surface area (Å²) in [6, 6.07) is 9.68. The fraction of sp³-hybridized carbons (Fsp3) is 0.214. The van der Waals surface area contributed by atoms with Gasteiger partial charge in [-0.05, 0) is 24.6 Å². The molecule has 0 unspecified atom stereocenters. The monoisotopic (exact) mass is 319 g/mol. The standard InChI is InChI=1S/C14H13N3O2S2/c1-2-16-12-6-4-3-5-11(12)15-14(16)21-9-10-7-13(17(18)19)20-8-10/h3-8H,2,9H2,1H3. The zero-order chi connectivity index (χ0) is 14.8. The molecule has 21 heavy (non-hydrogen) atoms. The molecule has 108 valence electrons. The molecule has 1 aromatic carbocycles. The molecule has 0 aliphatic carbocycles. The molecule has 0 amide bonds. The van der Waals surface area contributed by atoms with E-state index in [2.05, 4.69) is 22.5 Å². The molecule has 0 bridgehead atoms. The first-order chi connectivity index (χ1) is 10.2. The van der Waals surface area contributed by atoms with Gasteiger partial charge in [0.05, 0.1) is 16.0 Å². The van der Waals surface area contributed by atoms with E-state index in [4.69, 9.17) is 0 Å². The van der Waals surface area contributed by atoms with Crippen molar-refractivity contribution in [3.05, 3.63) is 51.4 Å². The molecule has 0 saturated carbocycles. The van der Waals surface area contributed by atoms with Crippen LogP contribution in [0, 0.1) is 10.1 Å². The molecule has 0 aliphatic rings. The normalized spacial score (nSPS) is 11.1. The van der Waals surface area contributed by atoms with E-state index in [-0.39, 0.29) is 9.92 Å². The molecule has 0 N–H and O–H groups in total. The molecular formula is C14H13N3O2S2. The Morgan fingerprint density at radius 2 is 2.24 bits per heavy atom. The molecule has 0 spiro atoms. The van der Waals surface area contributed by atoms with E-state index in [1.165, 1.54) is 11.3 Å². The van der Waals surface area contributed by atoms with E-state index in [1.54, 1.807) is 17.8 Å². The number of nitrogens with zero attached hydrogens (tertiary/aromatic N) is 3. The van der Waals surface area contributed by atoms with Crippen LogP contribution in [0.1, 0.15) is 12.5 Å². The van der Waals surface area contributed by atoms with Gasteiger partial charge in [-0.15, -0.1) is 0 Å². The lowest BCUT2D eigenvalue weighted by Gasteiger charge is -2.04. The van der Waals surface area contributed by atoms with E-state index in [9.17, 15) is 10.1 Å². The van der Waals surface area contributed by atoms with Crippen LogP contribution in [0.5, 0.6) is 0 Å². The summed E-state index contributed by atoms with van der Waals surface area (Å²) in [4.78, 5) is 15.0. The Labute approximate surface area is 129 Å². The van der Waals surface area contributed by atoms with Crippen LogP contribution in [0.4, 0.5) is 5.00 Å². The molecule has 0 radical (unpaired) electrons. The topological polar surface area (TPSA) is 61.0 Å². The van der Waals surface area contributed by atoms with E-state index < -0.39 is 0 Å². The van der Waals surface area contributed by atoms with Gasteiger partial charge in [0.25, 0.3) is 0 Å². The summed E-state index contributed by atoms with van der Waals surface area (Å²) in [6.45, 7) is 2.94. The Morgan fingerprint density at radius 1 is 1.43 bits per heavy atom. The predicted octanol–water partition coefficient (Wildman–Crippen LogP) is 4.32. The van der Waals surface area contributed by atoms with Crippen LogP contribution >= 0.6 is 23.1 Å². The van der Waals surface area contributed by atoms with Crippen molar-refractivity contribution in [1.82, 2.24) is 9.55 Å². The van der Waals surface area contributed by atoms with Crippen LogP contribution < -0.4 is 0 Å². The van der Waals surface area contributed by atoms with E-state index in [0.717, 1.165) is 28.3 Å². The third-order valence-corrected chi connectivity index (χ3v) is 5.10. The minimum Gasteiger partial charge on any atom is -0.319 e. The molecule has 2 aromatic heterocycles. The summed E-state index contributed by atoms with van der Waals surface area (Å²) in [7, 11) is 0. The Bertz CT molecular complexity index is 794. The van der Waals surface area contributed by atoms with Crippen LogP contribution in [-0.2, 0) is 12.3 Å². The van der Waals surface area contributed by atoms with Gasteiger partial charge in [-0.25, -0.2) is 4.98 Å². The first-order valence-electron chi connectivity index (χ1n) is 6.49. The number of rotatable bonds is 5. The maximum absolute atomic E-state index is 10.7.